The van der Waals surface area contributed by atoms with Gasteiger partial charge in [0, 0.05) is 13.2 Å². The molecule has 0 atom stereocenters. The standard InChI is InChI=1S/C7H8N4O/c1-11-6(2-3-8-11)5-4-7(12)10-9-5/h2-3H,4H2,1H3,(H,10,12). The third kappa shape index (κ3) is 0.990. The van der Waals surface area contributed by atoms with Crippen molar-refractivity contribution in [1.82, 2.24) is 15.2 Å². The summed E-state index contributed by atoms with van der Waals surface area (Å²) in [6, 6.07) is 1.83. The van der Waals surface area contributed by atoms with E-state index in [9.17, 15) is 4.79 Å². The molecule has 0 unspecified atom stereocenters. The van der Waals surface area contributed by atoms with E-state index >= 15 is 0 Å². The Morgan fingerprint density at radius 2 is 2.50 bits per heavy atom. The van der Waals surface area contributed by atoms with Gasteiger partial charge in [0.15, 0.2) is 0 Å². The summed E-state index contributed by atoms with van der Waals surface area (Å²) in [4.78, 5) is 10.8. The lowest BCUT2D eigenvalue weighted by Crippen LogP contribution is -2.10. The molecule has 5 nitrogen and oxygen atoms in total. The predicted molar refractivity (Wildman–Crippen MR) is 42.5 cm³/mol. The van der Waals surface area contributed by atoms with Crippen LogP contribution in [0.25, 0.3) is 0 Å². The third-order valence-electron chi connectivity index (χ3n) is 1.76. The van der Waals surface area contributed by atoms with Crippen LogP contribution in [0.3, 0.4) is 0 Å². The smallest absolute Gasteiger partial charge is 0.246 e. The molecule has 12 heavy (non-hydrogen) atoms. The maximum absolute atomic E-state index is 10.8. The normalized spacial score (nSPS) is 16.1. The van der Waals surface area contributed by atoms with Crippen LogP contribution in [-0.2, 0) is 11.8 Å². The van der Waals surface area contributed by atoms with E-state index in [1.807, 2.05) is 13.1 Å². The van der Waals surface area contributed by atoms with Gasteiger partial charge < -0.3 is 0 Å². The molecule has 1 aliphatic rings. The summed E-state index contributed by atoms with van der Waals surface area (Å²) >= 11 is 0. The molecule has 1 amide bonds. The highest BCUT2D eigenvalue weighted by Crippen LogP contribution is 2.06. The maximum atomic E-state index is 10.8. The van der Waals surface area contributed by atoms with Crippen molar-refractivity contribution < 1.29 is 4.79 Å². The highest BCUT2D eigenvalue weighted by Gasteiger charge is 2.17. The lowest BCUT2D eigenvalue weighted by atomic mass is 10.2. The lowest BCUT2D eigenvalue weighted by Gasteiger charge is -1.96. The van der Waals surface area contributed by atoms with Crippen LogP contribution in [0.4, 0.5) is 0 Å². The minimum atomic E-state index is -0.0637. The summed E-state index contributed by atoms with van der Waals surface area (Å²) < 4.78 is 1.69. The van der Waals surface area contributed by atoms with E-state index in [1.54, 1.807) is 10.9 Å². The molecule has 0 radical (unpaired) electrons. The number of aromatic nitrogens is 2. The average Bonchev–Trinajstić information content (AvgIpc) is 2.58. The second kappa shape index (κ2) is 2.44. The lowest BCUT2D eigenvalue weighted by molar-refractivity contribution is -0.119. The molecule has 0 spiro atoms. The fraction of sp³-hybridized carbons (Fsp3) is 0.286. The Hall–Kier alpha value is -1.65. The molecule has 1 aromatic heterocycles. The Morgan fingerprint density at radius 3 is 3.00 bits per heavy atom. The van der Waals surface area contributed by atoms with Crippen molar-refractivity contribution in [3.63, 3.8) is 0 Å². The largest absolute Gasteiger partial charge is 0.273 e. The topological polar surface area (TPSA) is 59.3 Å². The van der Waals surface area contributed by atoms with E-state index < -0.39 is 0 Å². The first-order chi connectivity index (χ1) is 5.77. The van der Waals surface area contributed by atoms with Gasteiger partial charge in [0.25, 0.3) is 0 Å². The summed E-state index contributed by atoms with van der Waals surface area (Å²) in [5.41, 5.74) is 4.03. The SMILES string of the molecule is Cn1nccc1C1=NNC(=O)C1. The number of hydrogen-bond donors (Lipinski definition) is 1. The summed E-state index contributed by atoms with van der Waals surface area (Å²) in [5.74, 6) is -0.0637. The molecule has 1 N–H and O–H groups in total. The molecule has 0 fully saturated rings. The molecular weight excluding hydrogens is 156 g/mol. The van der Waals surface area contributed by atoms with Gasteiger partial charge in [0.05, 0.1) is 17.8 Å². The first-order valence-corrected chi connectivity index (χ1v) is 3.61. The van der Waals surface area contributed by atoms with Gasteiger partial charge in [-0.2, -0.15) is 10.2 Å². The maximum Gasteiger partial charge on any atom is 0.246 e. The van der Waals surface area contributed by atoms with Crippen LogP contribution in [0, 0.1) is 0 Å². The number of carbonyl (C=O) groups excluding carboxylic acids is 1. The van der Waals surface area contributed by atoms with E-state index in [1.165, 1.54) is 0 Å². The Bertz CT molecular complexity index is 352. The first-order valence-electron chi connectivity index (χ1n) is 3.61. The highest BCUT2D eigenvalue weighted by molar-refractivity contribution is 6.12. The monoisotopic (exact) mass is 164 g/mol. The van der Waals surface area contributed by atoms with Crippen LogP contribution in [0.2, 0.25) is 0 Å². The summed E-state index contributed by atoms with van der Waals surface area (Å²) in [7, 11) is 1.82. The van der Waals surface area contributed by atoms with Gasteiger partial charge in [-0.25, -0.2) is 5.43 Å². The Morgan fingerprint density at radius 1 is 1.67 bits per heavy atom. The number of aryl methyl sites for hydroxylation is 1. The Balaban J connectivity index is 2.33. The second-order valence-corrected chi connectivity index (χ2v) is 2.61. The minimum absolute atomic E-state index is 0.0637. The van der Waals surface area contributed by atoms with Crippen LogP contribution >= 0.6 is 0 Å². The molecule has 2 rings (SSSR count). The summed E-state index contributed by atoms with van der Waals surface area (Å²) in [5, 5.41) is 7.86. The number of rotatable bonds is 1. The van der Waals surface area contributed by atoms with Gasteiger partial charge >= 0.3 is 0 Å². The molecule has 0 aromatic carbocycles. The summed E-state index contributed by atoms with van der Waals surface area (Å²) in [6.45, 7) is 0. The van der Waals surface area contributed by atoms with E-state index in [0.29, 0.717) is 6.42 Å². The van der Waals surface area contributed by atoms with Crippen molar-refractivity contribution in [3.8, 4) is 0 Å². The molecule has 2 heterocycles. The number of hydrazone groups is 1. The average molecular weight is 164 g/mol. The number of amides is 1. The van der Waals surface area contributed by atoms with Gasteiger partial charge in [-0.3, -0.25) is 9.48 Å². The Kier molecular flexibility index (Phi) is 1.43. The summed E-state index contributed by atoms with van der Waals surface area (Å²) in [6.07, 6.45) is 2.03. The molecule has 1 aromatic rings. The van der Waals surface area contributed by atoms with Gasteiger partial charge in [0.2, 0.25) is 5.91 Å². The van der Waals surface area contributed by atoms with Crippen LogP contribution < -0.4 is 5.43 Å². The zero-order chi connectivity index (χ0) is 8.55. The molecule has 0 saturated heterocycles. The molecule has 0 aliphatic carbocycles. The van der Waals surface area contributed by atoms with Crippen molar-refractivity contribution in [2.45, 2.75) is 6.42 Å². The van der Waals surface area contributed by atoms with Gasteiger partial charge in [-0.1, -0.05) is 0 Å². The van der Waals surface area contributed by atoms with Gasteiger partial charge in [-0.05, 0) is 6.07 Å². The van der Waals surface area contributed by atoms with E-state index in [0.717, 1.165) is 11.4 Å². The Labute approximate surface area is 69.1 Å². The number of carbonyl (C=O) groups is 1. The molecular formula is C7H8N4O. The molecule has 5 heteroatoms. The quantitative estimate of drug-likeness (QED) is 0.616. The fourth-order valence-corrected chi connectivity index (χ4v) is 1.17. The van der Waals surface area contributed by atoms with E-state index in [-0.39, 0.29) is 5.91 Å². The highest BCUT2D eigenvalue weighted by atomic mass is 16.2. The van der Waals surface area contributed by atoms with Crippen molar-refractivity contribution in [2.75, 3.05) is 0 Å². The van der Waals surface area contributed by atoms with Crippen LogP contribution in [0.1, 0.15) is 12.1 Å². The molecule has 0 bridgehead atoms. The first kappa shape index (κ1) is 7.02. The van der Waals surface area contributed by atoms with Gasteiger partial charge in [0.1, 0.15) is 0 Å². The predicted octanol–water partition coefficient (Wildman–Crippen LogP) is -0.356. The molecule has 1 aliphatic heterocycles. The van der Waals surface area contributed by atoms with Crippen molar-refractivity contribution in [1.29, 1.82) is 0 Å². The van der Waals surface area contributed by atoms with Crippen molar-refractivity contribution in [2.24, 2.45) is 12.1 Å². The number of nitrogens with one attached hydrogen (secondary N) is 1. The van der Waals surface area contributed by atoms with E-state index in [4.69, 9.17) is 0 Å². The second-order valence-electron chi connectivity index (χ2n) is 2.61. The third-order valence-corrected chi connectivity index (χ3v) is 1.76. The van der Waals surface area contributed by atoms with Crippen LogP contribution in [-0.4, -0.2) is 21.4 Å². The fourth-order valence-electron chi connectivity index (χ4n) is 1.17. The zero-order valence-corrected chi connectivity index (χ0v) is 6.61. The number of nitrogens with zero attached hydrogens (tertiary/aromatic N) is 3. The van der Waals surface area contributed by atoms with Crippen molar-refractivity contribution >= 4 is 11.6 Å². The minimum Gasteiger partial charge on any atom is -0.273 e. The van der Waals surface area contributed by atoms with Crippen molar-refractivity contribution in [3.05, 3.63) is 18.0 Å². The van der Waals surface area contributed by atoms with Crippen LogP contribution in [0.5, 0.6) is 0 Å². The number of hydrogen-bond acceptors (Lipinski definition) is 3. The van der Waals surface area contributed by atoms with Crippen LogP contribution in [0.15, 0.2) is 17.4 Å². The van der Waals surface area contributed by atoms with E-state index in [2.05, 4.69) is 15.6 Å². The molecule has 0 saturated carbocycles. The van der Waals surface area contributed by atoms with Gasteiger partial charge in [-0.15, -0.1) is 0 Å². The zero-order valence-electron chi connectivity index (χ0n) is 6.61. The molecule has 62 valence electrons.